The van der Waals surface area contributed by atoms with Crippen LogP contribution in [0.15, 0.2) is 0 Å². The van der Waals surface area contributed by atoms with Crippen molar-refractivity contribution in [3.8, 4) is 0 Å². The maximum Gasteiger partial charge on any atom is 0.220 e. The van der Waals surface area contributed by atoms with Crippen LogP contribution in [-0.4, -0.2) is 38.1 Å². The van der Waals surface area contributed by atoms with Crippen LogP contribution in [0.5, 0.6) is 0 Å². The van der Waals surface area contributed by atoms with Crippen molar-refractivity contribution in [2.75, 3.05) is 26.3 Å². The van der Waals surface area contributed by atoms with Crippen molar-refractivity contribution in [2.24, 2.45) is 10.8 Å². The Morgan fingerprint density at radius 3 is 1.68 bits per heavy atom. The molecule has 0 spiro atoms. The van der Waals surface area contributed by atoms with Gasteiger partial charge in [0.25, 0.3) is 0 Å². The summed E-state index contributed by atoms with van der Waals surface area (Å²) in [6.45, 7) is 14.9. The molecule has 0 unspecified atom stereocenters. The Kier molecular flexibility index (Phi) is 11.7. The van der Waals surface area contributed by atoms with Gasteiger partial charge in [0.05, 0.1) is 13.2 Å². The van der Waals surface area contributed by atoms with Crippen LogP contribution in [0, 0.1) is 10.8 Å². The Balaban J connectivity index is 4.02. The Labute approximate surface area is 154 Å². The monoisotopic (exact) mass is 356 g/mol. The summed E-state index contributed by atoms with van der Waals surface area (Å²) in [5.74, 6) is 0.224. The van der Waals surface area contributed by atoms with Crippen molar-refractivity contribution in [1.82, 2.24) is 10.6 Å². The fourth-order valence-corrected chi connectivity index (χ4v) is 2.32. The second-order valence-electron chi connectivity index (χ2n) is 8.58. The van der Waals surface area contributed by atoms with E-state index >= 15 is 0 Å². The van der Waals surface area contributed by atoms with Crippen LogP contribution < -0.4 is 10.6 Å². The molecule has 0 saturated carbocycles. The van der Waals surface area contributed by atoms with E-state index in [9.17, 15) is 9.59 Å². The molecule has 0 rings (SSSR count). The van der Waals surface area contributed by atoms with Gasteiger partial charge in [0, 0.05) is 36.8 Å². The highest BCUT2D eigenvalue weighted by Crippen LogP contribution is 2.19. The first-order valence-corrected chi connectivity index (χ1v) is 9.73. The zero-order valence-electron chi connectivity index (χ0n) is 17.3. The Morgan fingerprint density at radius 1 is 0.760 bits per heavy atom. The number of nitrogens with one attached hydrogen (secondary N) is 2. The number of amides is 2. The minimum absolute atomic E-state index is 0.0988. The number of ether oxygens (including phenoxy) is 1. The lowest BCUT2D eigenvalue weighted by Crippen LogP contribution is -2.39. The summed E-state index contributed by atoms with van der Waals surface area (Å²) in [5, 5.41) is 5.97. The topological polar surface area (TPSA) is 67.4 Å². The normalized spacial score (nSPS) is 12.1. The number of carbonyl (C=O) groups excluding carboxylic acids is 2. The van der Waals surface area contributed by atoms with Crippen LogP contribution in [0.25, 0.3) is 0 Å². The van der Waals surface area contributed by atoms with Crippen molar-refractivity contribution in [1.29, 1.82) is 0 Å². The van der Waals surface area contributed by atoms with Crippen molar-refractivity contribution in [3.05, 3.63) is 0 Å². The zero-order chi connectivity index (χ0) is 19.3. The molecule has 0 saturated heterocycles. The molecule has 0 aliphatic rings. The Hall–Kier alpha value is -1.10. The van der Waals surface area contributed by atoms with Gasteiger partial charge < -0.3 is 15.4 Å². The van der Waals surface area contributed by atoms with E-state index in [0.717, 1.165) is 25.7 Å². The first-order chi connectivity index (χ1) is 11.6. The lowest BCUT2D eigenvalue weighted by Gasteiger charge is -2.29. The lowest BCUT2D eigenvalue weighted by atomic mass is 9.93. The average Bonchev–Trinajstić information content (AvgIpc) is 2.51. The maximum absolute atomic E-state index is 11.8. The zero-order valence-corrected chi connectivity index (χ0v) is 17.3. The molecule has 148 valence electrons. The van der Waals surface area contributed by atoms with E-state index < -0.39 is 0 Å². The predicted octanol–water partition coefficient (Wildman–Crippen LogP) is 3.67. The first-order valence-electron chi connectivity index (χ1n) is 9.73. The smallest absolute Gasteiger partial charge is 0.220 e. The maximum atomic E-state index is 11.8. The van der Waals surface area contributed by atoms with Crippen LogP contribution in [0.4, 0.5) is 0 Å². The van der Waals surface area contributed by atoms with Crippen LogP contribution in [0.2, 0.25) is 0 Å². The molecule has 2 N–H and O–H groups in total. The third kappa shape index (κ3) is 13.8. The molecule has 0 aliphatic heterocycles. The molecule has 0 heterocycles. The molecule has 0 atom stereocenters. The lowest BCUT2D eigenvalue weighted by molar-refractivity contribution is -0.122. The molecular weight excluding hydrogens is 316 g/mol. The number of hydrogen-bond donors (Lipinski definition) is 2. The van der Waals surface area contributed by atoms with Crippen LogP contribution in [0.3, 0.4) is 0 Å². The highest BCUT2D eigenvalue weighted by molar-refractivity contribution is 5.76. The standard InChI is InChI=1S/C20H40N2O3/c1-7-9-10-12-18(24)22-14-20(5,6)16-25-15-19(3,4)13-21-17(23)11-8-2/h7-16H2,1-6H3,(H,21,23)(H,22,24). The third-order valence-corrected chi connectivity index (χ3v) is 4.00. The molecule has 0 bridgehead atoms. The van der Waals surface area contributed by atoms with Crippen molar-refractivity contribution in [3.63, 3.8) is 0 Å². The fraction of sp³-hybridized carbons (Fsp3) is 0.900. The summed E-state index contributed by atoms with van der Waals surface area (Å²) in [6, 6.07) is 0. The Bertz CT molecular complexity index is 392. The van der Waals surface area contributed by atoms with Crippen LogP contribution in [-0.2, 0) is 14.3 Å². The van der Waals surface area contributed by atoms with Gasteiger partial charge in [-0.1, -0.05) is 54.4 Å². The summed E-state index contributed by atoms with van der Waals surface area (Å²) < 4.78 is 5.88. The average molecular weight is 357 g/mol. The van der Waals surface area contributed by atoms with E-state index in [2.05, 4.69) is 45.3 Å². The summed E-state index contributed by atoms with van der Waals surface area (Å²) in [7, 11) is 0. The van der Waals surface area contributed by atoms with Gasteiger partial charge in [0.1, 0.15) is 0 Å². The van der Waals surface area contributed by atoms with E-state index in [0.29, 0.717) is 39.1 Å². The Morgan fingerprint density at radius 2 is 1.24 bits per heavy atom. The van der Waals surface area contributed by atoms with E-state index in [1.165, 1.54) is 0 Å². The van der Waals surface area contributed by atoms with Crippen LogP contribution >= 0.6 is 0 Å². The molecule has 0 aromatic rings. The molecule has 0 aliphatic carbocycles. The molecule has 5 nitrogen and oxygen atoms in total. The van der Waals surface area contributed by atoms with Gasteiger partial charge in [-0.15, -0.1) is 0 Å². The van der Waals surface area contributed by atoms with Crippen molar-refractivity contribution >= 4 is 11.8 Å². The number of hydrogen-bond acceptors (Lipinski definition) is 3. The second kappa shape index (κ2) is 12.3. The number of carbonyl (C=O) groups is 2. The van der Waals surface area contributed by atoms with E-state index in [1.807, 2.05) is 6.92 Å². The van der Waals surface area contributed by atoms with E-state index in [4.69, 9.17) is 4.74 Å². The fourth-order valence-electron chi connectivity index (χ4n) is 2.32. The van der Waals surface area contributed by atoms with Gasteiger partial charge in [-0.25, -0.2) is 0 Å². The van der Waals surface area contributed by atoms with Gasteiger partial charge in [-0.2, -0.15) is 0 Å². The van der Waals surface area contributed by atoms with Gasteiger partial charge in [0.15, 0.2) is 0 Å². The summed E-state index contributed by atoms with van der Waals surface area (Å²) >= 11 is 0. The molecule has 2 amide bonds. The molecule has 0 aromatic carbocycles. The minimum atomic E-state index is -0.109. The van der Waals surface area contributed by atoms with Gasteiger partial charge in [-0.3, -0.25) is 9.59 Å². The highest BCUT2D eigenvalue weighted by atomic mass is 16.5. The van der Waals surface area contributed by atoms with Gasteiger partial charge in [0.2, 0.25) is 11.8 Å². The molecule has 5 heteroatoms. The molecular formula is C20H40N2O3. The van der Waals surface area contributed by atoms with Crippen LogP contribution in [0.1, 0.15) is 80.1 Å². The molecule has 25 heavy (non-hydrogen) atoms. The first kappa shape index (κ1) is 23.9. The second-order valence-corrected chi connectivity index (χ2v) is 8.58. The largest absolute Gasteiger partial charge is 0.380 e. The number of unbranched alkanes of at least 4 members (excludes halogenated alkanes) is 2. The SMILES string of the molecule is CCCCCC(=O)NCC(C)(C)COCC(C)(C)CNC(=O)CCC. The van der Waals surface area contributed by atoms with Gasteiger partial charge in [-0.05, 0) is 12.8 Å². The third-order valence-electron chi connectivity index (χ3n) is 4.00. The summed E-state index contributed by atoms with van der Waals surface area (Å²) in [6.07, 6.45) is 5.22. The summed E-state index contributed by atoms with van der Waals surface area (Å²) in [5.41, 5.74) is -0.217. The highest BCUT2D eigenvalue weighted by Gasteiger charge is 2.23. The van der Waals surface area contributed by atoms with Crippen molar-refractivity contribution in [2.45, 2.75) is 80.1 Å². The predicted molar refractivity (Wildman–Crippen MR) is 103 cm³/mol. The van der Waals surface area contributed by atoms with Gasteiger partial charge >= 0.3 is 0 Å². The molecule has 0 fully saturated rings. The van der Waals surface area contributed by atoms with E-state index in [-0.39, 0.29) is 22.6 Å². The number of rotatable bonds is 14. The summed E-state index contributed by atoms with van der Waals surface area (Å²) in [4.78, 5) is 23.4. The quantitative estimate of drug-likeness (QED) is 0.467. The van der Waals surface area contributed by atoms with Crippen molar-refractivity contribution < 1.29 is 14.3 Å². The molecule has 0 aromatic heterocycles. The molecule has 0 radical (unpaired) electrons. The minimum Gasteiger partial charge on any atom is -0.380 e. The van der Waals surface area contributed by atoms with E-state index in [1.54, 1.807) is 0 Å².